The second-order valence-corrected chi connectivity index (χ2v) is 6.01. The molecule has 0 aromatic heterocycles. The quantitative estimate of drug-likeness (QED) is 0.374. The Balaban J connectivity index is 4.30. The minimum Gasteiger partial charge on any atom is -0.405 e. The molecule has 0 radical (unpaired) electrons. The largest absolute Gasteiger partial charge is 0.405 e. The van der Waals surface area contributed by atoms with Gasteiger partial charge in [-0.2, -0.15) is 0 Å². The van der Waals surface area contributed by atoms with Gasteiger partial charge in [-0.15, -0.1) is 0 Å². The lowest BCUT2D eigenvalue weighted by Crippen LogP contribution is -2.48. The van der Waals surface area contributed by atoms with E-state index in [1.54, 1.807) is 0 Å². The maximum absolute atomic E-state index is 12.1. The molecule has 3 amide bonds. The fraction of sp³-hybridized carbons (Fsp3) is 0.706. The van der Waals surface area contributed by atoms with Crippen LogP contribution in [0.5, 0.6) is 0 Å². The average molecular weight is 340 g/mol. The first-order valence-corrected chi connectivity index (χ1v) is 8.63. The number of primary amides is 1. The molecular formula is C17H32N4O3. The molecule has 6 N–H and O–H groups in total. The Labute approximate surface area is 144 Å². The molecule has 0 unspecified atom stereocenters. The summed E-state index contributed by atoms with van der Waals surface area (Å²) < 4.78 is 0. The normalized spacial score (nSPS) is 12.5. The van der Waals surface area contributed by atoms with Crippen LogP contribution in [-0.4, -0.2) is 30.3 Å². The van der Waals surface area contributed by atoms with Gasteiger partial charge in [0.15, 0.2) is 0 Å². The molecule has 138 valence electrons. The Morgan fingerprint density at radius 2 is 1.75 bits per heavy atom. The standard InChI is InChI=1S/C17H32N4O3/c1-3-4-5-6-7-8-16(23)21-14(11-15(19)22)17(24)20-10-9-13(2)12-18/h12,14H,3-11,18H2,1-2H3,(H2,19,22)(H,20,24)(H,21,23)/b13-12+/t14-/m1/s1. The fourth-order valence-corrected chi connectivity index (χ4v) is 2.16. The molecule has 0 aromatic carbocycles. The third kappa shape index (κ3) is 11.5. The van der Waals surface area contributed by atoms with Gasteiger partial charge in [0.05, 0.1) is 6.42 Å². The molecule has 0 spiro atoms. The van der Waals surface area contributed by atoms with Crippen LogP contribution < -0.4 is 22.1 Å². The molecule has 0 aliphatic carbocycles. The molecule has 0 aliphatic rings. The number of rotatable bonds is 13. The smallest absolute Gasteiger partial charge is 0.243 e. The van der Waals surface area contributed by atoms with Gasteiger partial charge in [-0.1, -0.05) is 38.2 Å². The van der Waals surface area contributed by atoms with Crippen molar-refractivity contribution in [1.29, 1.82) is 0 Å². The van der Waals surface area contributed by atoms with Gasteiger partial charge < -0.3 is 22.1 Å². The van der Waals surface area contributed by atoms with Crippen LogP contribution >= 0.6 is 0 Å². The molecule has 7 heteroatoms. The van der Waals surface area contributed by atoms with E-state index in [4.69, 9.17) is 11.5 Å². The molecule has 0 fully saturated rings. The molecule has 0 saturated heterocycles. The van der Waals surface area contributed by atoms with Crippen LogP contribution in [0.1, 0.15) is 65.2 Å². The second-order valence-electron chi connectivity index (χ2n) is 6.01. The van der Waals surface area contributed by atoms with Crippen molar-refractivity contribution in [2.24, 2.45) is 11.5 Å². The summed E-state index contributed by atoms with van der Waals surface area (Å²) in [7, 11) is 0. The second kappa shape index (κ2) is 13.4. The number of amides is 3. The molecule has 7 nitrogen and oxygen atoms in total. The summed E-state index contributed by atoms with van der Waals surface area (Å²) in [6.07, 6.45) is 7.39. The van der Waals surface area contributed by atoms with E-state index in [0.29, 0.717) is 19.4 Å². The average Bonchev–Trinajstić information content (AvgIpc) is 2.53. The van der Waals surface area contributed by atoms with Gasteiger partial charge in [-0.25, -0.2) is 0 Å². The predicted octanol–water partition coefficient (Wildman–Crippen LogP) is 1.08. The highest BCUT2D eigenvalue weighted by Crippen LogP contribution is 2.05. The molecular weight excluding hydrogens is 308 g/mol. The van der Waals surface area contributed by atoms with E-state index in [0.717, 1.165) is 37.7 Å². The zero-order valence-corrected chi connectivity index (χ0v) is 14.9. The summed E-state index contributed by atoms with van der Waals surface area (Å²) in [5.41, 5.74) is 11.5. The zero-order chi connectivity index (χ0) is 18.4. The van der Waals surface area contributed by atoms with E-state index in [1.807, 2.05) is 6.92 Å². The topological polar surface area (TPSA) is 127 Å². The van der Waals surface area contributed by atoms with Crippen LogP contribution in [0.15, 0.2) is 11.8 Å². The minimum atomic E-state index is -0.923. The first kappa shape index (κ1) is 21.9. The lowest BCUT2D eigenvalue weighted by Gasteiger charge is -2.17. The number of unbranched alkanes of at least 4 members (excludes halogenated alkanes) is 4. The van der Waals surface area contributed by atoms with E-state index < -0.39 is 17.9 Å². The Kier molecular flexibility index (Phi) is 12.3. The van der Waals surface area contributed by atoms with Crippen LogP contribution in [0, 0.1) is 0 Å². The van der Waals surface area contributed by atoms with Crippen molar-refractivity contribution < 1.29 is 14.4 Å². The van der Waals surface area contributed by atoms with Crippen molar-refractivity contribution in [2.75, 3.05) is 6.54 Å². The molecule has 0 bridgehead atoms. The summed E-state index contributed by atoms with van der Waals surface area (Å²) in [6.45, 7) is 4.37. The van der Waals surface area contributed by atoms with Crippen molar-refractivity contribution in [3.8, 4) is 0 Å². The van der Waals surface area contributed by atoms with Crippen molar-refractivity contribution >= 4 is 17.7 Å². The molecule has 0 heterocycles. The van der Waals surface area contributed by atoms with Gasteiger partial charge in [0.25, 0.3) is 0 Å². The fourth-order valence-electron chi connectivity index (χ4n) is 2.16. The lowest BCUT2D eigenvalue weighted by molar-refractivity contribution is -0.131. The van der Waals surface area contributed by atoms with E-state index in [-0.39, 0.29) is 12.3 Å². The van der Waals surface area contributed by atoms with Gasteiger partial charge in [0.1, 0.15) is 6.04 Å². The Hall–Kier alpha value is -2.05. The van der Waals surface area contributed by atoms with Gasteiger partial charge in [-0.05, 0) is 26.0 Å². The highest BCUT2D eigenvalue weighted by atomic mass is 16.2. The van der Waals surface area contributed by atoms with Crippen LogP contribution in [0.3, 0.4) is 0 Å². The SMILES string of the molecule is CCCCCCCC(=O)N[C@H](CC(N)=O)C(=O)NCC/C(C)=C/N. The lowest BCUT2D eigenvalue weighted by atomic mass is 10.1. The first-order chi connectivity index (χ1) is 11.4. The summed E-state index contributed by atoms with van der Waals surface area (Å²) >= 11 is 0. The van der Waals surface area contributed by atoms with Crippen LogP contribution in [0.2, 0.25) is 0 Å². The first-order valence-electron chi connectivity index (χ1n) is 8.63. The van der Waals surface area contributed by atoms with E-state index in [1.165, 1.54) is 6.20 Å². The third-order valence-corrected chi connectivity index (χ3v) is 3.67. The number of carbonyl (C=O) groups is 3. The molecule has 24 heavy (non-hydrogen) atoms. The number of nitrogens with two attached hydrogens (primary N) is 2. The van der Waals surface area contributed by atoms with Gasteiger partial charge in [0, 0.05) is 13.0 Å². The highest BCUT2D eigenvalue weighted by molar-refractivity contribution is 5.91. The van der Waals surface area contributed by atoms with Crippen LogP contribution in [0.4, 0.5) is 0 Å². The maximum Gasteiger partial charge on any atom is 0.243 e. The van der Waals surface area contributed by atoms with Crippen molar-refractivity contribution in [1.82, 2.24) is 10.6 Å². The number of carbonyl (C=O) groups excluding carboxylic acids is 3. The van der Waals surface area contributed by atoms with Gasteiger partial charge in [-0.3, -0.25) is 14.4 Å². The zero-order valence-electron chi connectivity index (χ0n) is 14.9. The van der Waals surface area contributed by atoms with Crippen molar-refractivity contribution in [3.05, 3.63) is 11.8 Å². The van der Waals surface area contributed by atoms with Gasteiger partial charge in [0.2, 0.25) is 17.7 Å². The number of hydrogen-bond acceptors (Lipinski definition) is 4. The van der Waals surface area contributed by atoms with E-state index in [2.05, 4.69) is 17.6 Å². The summed E-state index contributed by atoms with van der Waals surface area (Å²) in [6, 6.07) is -0.923. The summed E-state index contributed by atoms with van der Waals surface area (Å²) in [5, 5.41) is 5.28. The summed E-state index contributed by atoms with van der Waals surface area (Å²) in [4.78, 5) is 35.2. The minimum absolute atomic E-state index is 0.209. The highest BCUT2D eigenvalue weighted by Gasteiger charge is 2.22. The van der Waals surface area contributed by atoms with E-state index >= 15 is 0 Å². The number of nitrogens with one attached hydrogen (secondary N) is 2. The molecule has 0 aromatic rings. The van der Waals surface area contributed by atoms with Crippen LogP contribution in [-0.2, 0) is 14.4 Å². The third-order valence-electron chi connectivity index (χ3n) is 3.67. The summed E-state index contributed by atoms with van der Waals surface area (Å²) in [5.74, 6) is -1.26. The van der Waals surface area contributed by atoms with Crippen molar-refractivity contribution in [2.45, 2.75) is 71.3 Å². The Bertz CT molecular complexity index is 436. The predicted molar refractivity (Wildman–Crippen MR) is 94.7 cm³/mol. The molecule has 1 atom stereocenters. The molecule has 0 saturated carbocycles. The Morgan fingerprint density at radius 1 is 1.08 bits per heavy atom. The Morgan fingerprint density at radius 3 is 2.33 bits per heavy atom. The van der Waals surface area contributed by atoms with E-state index in [9.17, 15) is 14.4 Å². The van der Waals surface area contributed by atoms with Gasteiger partial charge >= 0.3 is 0 Å². The van der Waals surface area contributed by atoms with Crippen molar-refractivity contribution in [3.63, 3.8) is 0 Å². The number of hydrogen-bond donors (Lipinski definition) is 4. The molecule has 0 rings (SSSR count). The van der Waals surface area contributed by atoms with Crippen LogP contribution in [0.25, 0.3) is 0 Å². The molecule has 0 aliphatic heterocycles. The monoisotopic (exact) mass is 340 g/mol. The maximum atomic E-state index is 12.1.